The number of fused-ring (bicyclic) bond motifs is 1. The average molecular weight is 237 g/mol. The number of hydrogen-bond acceptors (Lipinski definition) is 2. The maximum Gasteiger partial charge on any atom is 0.138 e. The van der Waals surface area contributed by atoms with E-state index in [2.05, 4.69) is 9.97 Å². The number of hydrogen-bond donors (Lipinski definition) is 1. The van der Waals surface area contributed by atoms with E-state index in [0.29, 0.717) is 5.15 Å². The summed E-state index contributed by atoms with van der Waals surface area (Å²) in [5, 5.41) is 1.48. The summed E-state index contributed by atoms with van der Waals surface area (Å²) in [4.78, 5) is 7.57. The molecule has 1 N–H and O–H groups in total. The van der Waals surface area contributed by atoms with Crippen LogP contribution in [0.15, 0.2) is 12.3 Å². The minimum Gasteiger partial charge on any atom is -0.504 e. The zero-order valence-corrected chi connectivity index (χ0v) is 10.2. The summed E-state index contributed by atoms with van der Waals surface area (Å²) in [5.74, 6) is 0. The number of methoxy groups -OCH3 is 1. The molecule has 0 saturated heterocycles. The third-order valence-corrected chi connectivity index (χ3v) is 2.92. The molecular weight excluding hydrogens is 224 g/mol. The number of aromatic amines is 1. The zero-order valence-electron chi connectivity index (χ0n) is 9.47. The lowest BCUT2D eigenvalue weighted by Crippen LogP contribution is -1.89. The van der Waals surface area contributed by atoms with Crippen LogP contribution in [0.3, 0.4) is 0 Å². The van der Waals surface area contributed by atoms with Crippen LogP contribution in [-0.2, 0) is 4.74 Å². The number of pyridine rings is 1. The van der Waals surface area contributed by atoms with E-state index in [0.717, 1.165) is 27.9 Å². The van der Waals surface area contributed by atoms with Crippen molar-refractivity contribution in [1.82, 2.24) is 9.97 Å². The zero-order chi connectivity index (χ0) is 11.7. The number of nitrogens with zero attached hydrogens (tertiary/aromatic N) is 1. The molecule has 0 aliphatic carbocycles. The van der Waals surface area contributed by atoms with E-state index >= 15 is 0 Å². The van der Waals surface area contributed by atoms with Gasteiger partial charge in [0.1, 0.15) is 5.15 Å². The molecule has 2 aromatic rings. The lowest BCUT2D eigenvalue weighted by atomic mass is 10.2. The van der Waals surface area contributed by atoms with E-state index in [1.165, 1.54) is 0 Å². The first-order chi connectivity index (χ1) is 7.63. The van der Waals surface area contributed by atoms with E-state index in [1.54, 1.807) is 13.4 Å². The van der Waals surface area contributed by atoms with Crippen LogP contribution in [0, 0.1) is 13.8 Å². The summed E-state index contributed by atoms with van der Waals surface area (Å²) in [6.45, 7) is 3.98. The van der Waals surface area contributed by atoms with Crippen molar-refractivity contribution in [1.29, 1.82) is 0 Å². The first kappa shape index (κ1) is 11.0. The topological polar surface area (TPSA) is 37.9 Å². The Bertz CT molecular complexity index is 558. The van der Waals surface area contributed by atoms with Gasteiger partial charge < -0.3 is 9.72 Å². The summed E-state index contributed by atoms with van der Waals surface area (Å²) < 4.78 is 4.88. The fraction of sp³-hybridized carbons (Fsp3) is 0.250. The molecule has 4 heteroatoms. The molecule has 0 amide bonds. The molecule has 0 aromatic carbocycles. The number of H-pyrrole nitrogens is 1. The van der Waals surface area contributed by atoms with Crippen LogP contribution in [0.2, 0.25) is 5.15 Å². The minimum atomic E-state index is 0.534. The first-order valence-corrected chi connectivity index (χ1v) is 5.36. The van der Waals surface area contributed by atoms with Gasteiger partial charge in [-0.1, -0.05) is 11.6 Å². The highest BCUT2D eigenvalue weighted by Crippen LogP contribution is 2.27. The molecule has 0 fully saturated rings. The maximum absolute atomic E-state index is 6.10. The molecule has 2 aromatic heterocycles. The molecule has 0 aliphatic rings. The van der Waals surface area contributed by atoms with Crippen molar-refractivity contribution in [2.24, 2.45) is 0 Å². The van der Waals surface area contributed by atoms with E-state index in [9.17, 15) is 0 Å². The van der Waals surface area contributed by atoms with E-state index < -0.39 is 0 Å². The Hall–Kier alpha value is -1.48. The van der Waals surface area contributed by atoms with Crippen LogP contribution in [0.5, 0.6) is 0 Å². The smallest absolute Gasteiger partial charge is 0.138 e. The van der Waals surface area contributed by atoms with Gasteiger partial charge >= 0.3 is 0 Å². The van der Waals surface area contributed by atoms with Gasteiger partial charge in [-0.25, -0.2) is 4.98 Å². The van der Waals surface area contributed by atoms with Gasteiger partial charge in [0, 0.05) is 16.8 Å². The SMILES string of the molecule is COC=Cc1cc2c(Cl)nc(C)c(C)c2[nH]1. The summed E-state index contributed by atoms with van der Waals surface area (Å²) in [6.07, 6.45) is 3.47. The van der Waals surface area contributed by atoms with Crippen LogP contribution in [0.4, 0.5) is 0 Å². The second kappa shape index (κ2) is 4.18. The molecule has 3 nitrogen and oxygen atoms in total. The Kier molecular flexibility index (Phi) is 2.88. The number of halogens is 1. The largest absolute Gasteiger partial charge is 0.504 e. The highest BCUT2D eigenvalue weighted by molar-refractivity contribution is 6.34. The van der Waals surface area contributed by atoms with Gasteiger partial charge in [0.2, 0.25) is 0 Å². The maximum atomic E-state index is 6.10. The number of aryl methyl sites for hydroxylation is 2. The van der Waals surface area contributed by atoms with E-state index in [4.69, 9.17) is 16.3 Å². The quantitative estimate of drug-likeness (QED) is 0.641. The van der Waals surface area contributed by atoms with Gasteiger partial charge in [0.15, 0.2) is 0 Å². The van der Waals surface area contributed by atoms with Crippen molar-refractivity contribution < 1.29 is 4.74 Å². The van der Waals surface area contributed by atoms with Crippen molar-refractivity contribution in [3.8, 4) is 0 Å². The fourth-order valence-electron chi connectivity index (χ4n) is 1.64. The second-order valence-corrected chi connectivity index (χ2v) is 4.02. The van der Waals surface area contributed by atoms with Crippen LogP contribution in [0.25, 0.3) is 17.0 Å². The van der Waals surface area contributed by atoms with Crippen LogP contribution < -0.4 is 0 Å². The summed E-state index contributed by atoms with van der Waals surface area (Å²) in [7, 11) is 1.61. The summed E-state index contributed by atoms with van der Waals surface area (Å²) >= 11 is 6.10. The molecule has 0 bridgehead atoms. The Morgan fingerprint density at radius 1 is 1.44 bits per heavy atom. The Morgan fingerprint density at radius 3 is 2.88 bits per heavy atom. The summed E-state index contributed by atoms with van der Waals surface area (Å²) in [6, 6.07) is 1.96. The molecule has 2 heterocycles. The van der Waals surface area contributed by atoms with Crippen molar-refractivity contribution in [3.05, 3.63) is 34.4 Å². The molecule has 84 valence electrons. The Morgan fingerprint density at radius 2 is 2.19 bits per heavy atom. The predicted molar refractivity (Wildman–Crippen MR) is 66.6 cm³/mol. The number of nitrogens with one attached hydrogen (secondary N) is 1. The summed E-state index contributed by atoms with van der Waals surface area (Å²) in [5.41, 5.74) is 4.06. The monoisotopic (exact) mass is 236 g/mol. The van der Waals surface area contributed by atoms with Crippen LogP contribution >= 0.6 is 11.6 Å². The van der Waals surface area contributed by atoms with Crippen molar-refractivity contribution >= 4 is 28.6 Å². The van der Waals surface area contributed by atoms with Gasteiger partial charge in [-0.3, -0.25) is 0 Å². The third kappa shape index (κ3) is 1.78. The van der Waals surface area contributed by atoms with Gasteiger partial charge in [0.25, 0.3) is 0 Å². The van der Waals surface area contributed by atoms with Crippen molar-refractivity contribution in [2.75, 3.05) is 7.11 Å². The highest BCUT2D eigenvalue weighted by Gasteiger charge is 2.09. The number of rotatable bonds is 2. The molecule has 0 radical (unpaired) electrons. The van der Waals surface area contributed by atoms with Gasteiger partial charge in [-0.2, -0.15) is 0 Å². The minimum absolute atomic E-state index is 0.534. The molecule has 0 spiro atoms. The Balaban J connectivity index is 2.65. The van der Waals surface area contributed by atoms with Gasteiger partial charge in [-0.05, 0) is 31.6 Å². The van der Waals surface area contributed by atoms with Gasteiger partial charge in [0.05, 0.1) is 18.9 Å². The average Bonchev–Trinajstić information content (AvgIpc) is 2.68. The van der Waals surface area contributed by atoms with E-state index in [-0.39, 0.29) is 0 Å². The van der Waals surface area contributed by atoms with Crippen molar-refractivity contribution in [2.45, 2.75) is 13.8 Å². The molecule has 0 aliphatic heterocycles. The normalized spacial score (nSPS) is 11.5. The van der Waals surface area contributed by atoms with E-state index in [1.807, 2.05) is 26.0 Å². The molecule has 16 heavy (non-hydrogen) atoms. The fourth-order valence-corrected chi connectivity index (χ4v) is 1.91. The number of ether oxygens (including phenoxy) is 1. The third-order valence-electron chi connectivity index (χ3n) is 2.63. The van der Waals surface area contributed by atoms with Crippen LogP contribution in [0.1, 0.15) is 17.0 Å². The lowest BCUT2D eigenvalue weighted by molar-refractivity contribution is 0.341. The Labute approximate surface area is 99.1 Å². The second-order valence-electron chi connectivity index (χ2n) is 3.66. The molecular formula is C12H13ClN2O. The standard InChI is InChI=1S/C12H13ClN2O/c1-7-8(2)14-12(13)10-6-9(4-5-16-3)15-11(7)10/h4-6,15H,1-3H3. The molecule has 0 atom stereocenters. The number of aromatic nitrogens is 2. The van der Waals surface area contributed by atoms with Gasteiger partial charge in [-0.15, -0.1) is 0 Å². The highest BCUT2D eigenvalue weighted by atomic mass is 35.5. The first-order valence-electron chi connectivity index (χ1n) is 4.98. The van der Waals surface area contributed by atoms with Crippen molar-refractivity contribution in [3.63, 3.8) is 0 Å². The molecule has 2 rings (SSSR count). The van der Waals surface area contributed by atoms with Crippen LogP contribution in [-0.4, -0.2) is 17.1 Å². The molecule has 0 saturated carbocycles. The molecule has 0 unspecified atom stereocenters. The predicted octanol–water partition coefficient (Wildman–Crippen LogP) is 3.45. The lowest BCUT2D eigenvalue weighted by Gasteiger charge is -2.01.